The molecule has 2 heterocycles. The summed E-state index contributed by atoms with van der Waals surface area (Å²) in [6, 6.07) is 14.8. The molecule has 3 aromatic rings. The summed E-state index contributed by atoms with van der Waals surface area (Å²) >= 11 is 0. The maximum atomic E-state index is 12.9. The predicted octanol–water partition coefficient (Wildman–Crippen LogP) is 2.58. The summed E-state index contributed by atoms with van der Waals surface area (Å²) in [5.74, 6) is 0.549. The van der Waals surface area contributed by atoms with E-state index in [1.807, 2.05) is 30.3 Å². The average molecular weight is 432 g/mol. The Kier molecular flexibility index (Phi) is 5.43. The molecule has 0 radical (unpaired) electrons. The number of benzene rings is 2. The molecule has 1 aliphatic rings. The molecule has 1 atom stereocenters. The number of nitrogens with one attached hydrogen (secondary N) is 3. The van der Waals surface area contributed by atoms with E-state index in [2.05, 4.69) is 21.4 Å². The molecule has 2 aromatic carbocycles. The fourth-order valence-electron chi connectivity index (χ4n) is 3.91. The number of hydrogen-bond acceptors (Lipinski definition) is 7. The van der Waals surface area contributed by atoms with Crippen LogP contribution in [0.5, 0.6) is 17.2 Å². The summed E-state index contributed by atoms with van der Waals surface area (Å²) in [6.45, 7) is 0. The van der Waals surface area contributed by atoms with E-state index in [0.717, 1.165) is 5.56 Å². The first-order valence-corrected chi connectivity index (χ1v) is 9.65. The summed E-state index contributed by atoms with van der Waals surface area (Å²) in [6.07, 6.45) is 0. The van der Waals surface area contributed by atoms with Crippen molar-refractivity contribution in [2.75, 3.05) is 26.6 Å². The first-order chi connectivity index (χ1) is 15.5. The van der Waals surface area contributed by atoms with Crippen LogP contribution in [0.4, 0.5) is 5.82 Å². The van der Waals surface area contributed by atoms with Crippen molar-refractivity contribution in [3.05, 3.63) is 85.6 Å². The number of anilines is 1. The lowest BCUT2D eigenvalue weighted by Crippen LogP contribution is -2.32. The van der Waals surface area contributed by atoms with Crippen molar-refractivity contribution in [2.24, 2.45) is 0 Å². The summed E-state index contributed by atoms with van der Waals surface area (Å²) in [5, 5.41) is 13.2. The van der Waals surface area contributed by atoms with E-state index >= 15 is 0 Å². The number of ether oxygens (including phenoxy) is 3. The van der Waals surface area contributed by atoms with E-state index in [0.29, 0.717) is 34.1 Å². The highest BCUT2D eigenvalue weighted by Gasteiger charge is 2.34. The van der Waals surface area contributed by atoms with Crippen molar-refractivity contribution in [2.45, 2.75) is 5.92 Å². The van der Waals surface area contributed by atoms with E-state index < -0.39 is 17.2 Å². The molecular weight excluding hydrogens is 412 g/mol. The van der Waals surface area contributed by atoms with Crippen LogP contribution < -0.4 is 30.8 Å². The third kappa shape index (κ3) is 3.37. The Bertz CT molecular complexity index is 1340. The van der Waals surface area contributed by atoms with Gasteiger partial charge in [0.05, 0.1) is 50.2 Å². The lowest BCUT2D eigenvalue weighted by atomic mass is 9.81. The number of hydrogen-bond donors (Lipinski definition) is 3. The Morgan fingerprint density at radius 1 is 0.938 bits per heavy atom. The maximum absolute atomic E-state index is 12.9. The lowest BCUT2D eigenvalue weighted by Gasteiger charge is -2.28. The average Bonchev–Trinajstić information content (AvgIpc) is 2.82. The van der Waals surface area contributed by atoms with Gasteiger partial charge < -0.3 is 19.5 Å². The van der Waals surface area contributed by atoms with E-state index in [9.17, 15) is 14.9 Å². The third-order valence-corrected chi connectivity index (χ3v) is 5.28. The molecule has 0 saturated carbocycles. The van der Waals surface area contributed by atoms with Gasteiger partial charge in [0.2, 0.25) is 5.75 Å². The number of methoxy groups -OCH3 is 3. The number of fused-ring (bicyclic) bond motifs is 1. The number of rotatable bonds is 5. The normalized spacial score (nSPS) is 14.8. The van der Waals surface area contributed by atoms with Gasteiger partial charge in [-0.2, -0.15) is 5.26 Å². The second-order valence-corrected chi connectivity index (χ2v) is 6.98. The Morgan fingerprint density at radius 3 is 2.16 bits per heavy atom. The smallest absolute Gasteiger partial charge is 0.327 e. The highest BCUT2D eigenvalue weighted by atomic mass is 16.5. The van der Waals surface area contributed by atoms with Gasteiger partial charge in [-0.3, -0.25) is 14.8 Å². The minimum absolute atomic E-state index is 0.204. The molecule has 0 amide bonds. The van der Waals surface area contributed by atoms with Crippen LogP contribution in [0.15, 0.2) is 57.6 Å². The molecule has 0 fully saturated rings. The Morgan fingerprint density at radius 2 is 1.59 bits per heavy atom. The number of nitrogens with zero attached hydrogens (tertiary/aromatic N) is 1. The minimum Gasteiger partial charge on any atom is -0.493 e. The van der Waals surface area contributed by atoms with Crippen molar-refractivity contribution < 1.29 is 14.2 Å². The SMILES string of the molecule is COc1cc(C2C(C#N)=C(c3ccccc3)Nc3[nH]c(=O)[nH]c(=O)c32)cc(OC)c1OC. The van der Waals surface area contributed by atoms with Crippen LogP contribution in [0.3, 0.4) is 0 Å². The zero-order chi connectivity index (χ0) is 22.8. The van der Waals surface area contributed by atoms with Crippen LogP contribution in [0.2, 0.25) is 0 Å². The highest BCUT2D eigenvalue weighted by Crippen LogP contribution is 2.46. The first-order valence-electron chi connectivity index (χ1n) is 9.65. The lowest BCUT2D eigenvalue weighted by molar-refractivity contribution is 0.323. The van der Waals surface area contributed by atoms with Crippen LogP contribution >= 0.6 is 0 Å². The van der Waals surface area contributed by atoms with Crippen molar-refractivity contribution in [3.8, 4) is 23.3 Å². The zero-order valence-electron chi connectivity index (χ0n) is 17.6. The first kappa shape index (κ1) is 20.8. The molecule has 9 heteroatoms. The number of allylic oxidation sites excluding steroid dienone is 1. The van der Waals surface area contributed by atoms with Gasteiger partial charge in [-0.25, -0.2) is 4.79 Å². The molecule has 0 bridgehead atoms. The van der Waals surface area contributed by atoms with Crippen molar-refractivity contribution in [1.82, 2.24) is 9.97 Å². The number of nitriles is 1. The number of H-pyrrole nitrogens is 2. The Labute approximate surface area is 182 Å². The molecule has 1 unspecified atom stereocenters. The molecule has 162 valence electrons. The monoisotopic (exact) mass is 432 g/mol. The molecule has 32 heavy (non-hydrogen) atoms. The van der Waals surface area contributed by atoms with Gasteiger partial charge in [0.15, 0.2) is 11.5 Å². The van der Waals surface area contributed by atoms with Crippen molar-refractivity contribution in [3.63, 3.8) is 0 Å². The quantitative estimate of drug-likeness (QED) is 0.565. The molecule has 3 N–H and O–H groups in total. The number of aromatic amines is 2. The standard InChI is InChI=1S/C23H20N4O5/c1-30-15-9-13(10-16(31-2)20(15)32-3)17-14(11-24)19(12-7-5-4-6-8-12)25-21-18(17)22(28)27-23(29)26-21/h4-10,17H,1-3H3,(H3,25,26,27,28,29). The molecular formula is C23H20N4O5. The van der Waals surface area contributed by atoms with Gasteiger partial charge >= 0.3 is 5.69 Å². The molecule has 1 aliphatic heterocycles. The van der Waals surface area contributed by atoms with E-state index in [4.69, 9.17) is 14.2 Å². The fraction of sp³-hybridized carbons (Fsp3) is 0.174. The van der Waals surface area contributed by atoms with Crippen LogP contribution in [0.1, 0.15) is 22.6 Å². The van der Waals surface area contributed by atoms with Gasteiger partial charge in [-0.15, -0.1) is 0 Å². The topological polar surface area (TPSA) is 129 Å². The fourth-order valence-corrected chi connectivity index (χ4v) is 3.91. The molecule has 0 spiro atoms. The molecule has 4 rings (SSSR count). The maximum Gasteiger partial charge on any atom is 0.327 e. The van der Waals surface area contributed by atoms with Gasteiger partial charge in [0.1, 0.15) is 5.82 Å². The van der Waals surface area contributed by atoms with Gasteiger partial charge in [-0.1, -0.05) is 30.3 Å². The summed E-state index contributed by atoms with van der Waals surface area (Å²) < 4.78 is 16.3. The molecule has 0 aliphatic carbocycles. The van der Waals surface area contributed by atoms with Crippen LogP contribution in [0, 0.1) is 11.3 Å². The minimum atomic E-state index is -0.805. The molecule has 1 aromatic heterocycles. The van der Waals surface area contributed by atoms with Gasteiger partial charge in [0.25, 0.3) is 5.56 Å². The Hall–Kier alpha value is -4.45. The summed E-state index contributed by atoms with van der Waals surface area (Å²) in [5.41, 5.74) is 1.02. The summed E-state index contributed by atoms with van der Waals surface area (Å²) in [4.78, 5) is 29.8. The zero-order valence-corrected chi connectivity index (χ0v) is 17.6. The summed E-state index contributed by atoms with van der Waals surface area (Å²) in [7, 11) is 4.46. The van der Waals surface area contributed by atoms with E-state index in [-0.39, 0.29) is 11.4 Å². The van der Waals surface area contributed by atoms with Gasteiger partial charge in [0, 0.05) is 0 Å². The highest BCUT2D eigenvalue weighted by molar-refractivity contribution is 5.86. The van der Waals surface area contributed by atoms with Gasteiger partial charge in [-0.05, 0) is 23.3 Å². The van der Waals surface area contributed by atoms with Crippen LogP contribution in [-0.2, 0) is 0 Å². The van der Waals surface area contributed by atoms with Crippen LogP contribution in [-0.4, -0.2) is 31.3 Å². The third-order valence-electron chi connectivity index (χ3n) is 5.28. The van der Waals surface area contributed by atoms with Crippen molar-refractivity contribution in [1.29, 1.82) is 5.26 Å². The molecule has 9 nitrogen and oxygen atoms in total. The predicted molar refractivity (Wildman–Crippen MR) is 118 cm³/mol. The van der Waals surface area contributed by atoms with E-state index in [1.165, 1.54) is 21.3 Å². The van der Waals surface area contributed by atoms with Crippen LogP contribution in [0.25, 0.3) is 5.70 Å². The Balaban J connectivity index is 2.07. The number of aromatic nitrogens is 2. The van der Waals surface area contributed by atoms with E-state index in [1.54, 1.807) is 12.1 Å². The largest absolute Gasteiger partial charge is 0.493 e. The second kappa shape index (κ2) is 8.35. The second-order valence-electron chi connectivity index (χ2n) is 6.98. The molecule has 0 saturated heterocycles. The van der Waals surface area contributed by atoms with Crippen molar-refractivity contribution >= 4 is 11.5 Å².